The Hall–Kier alpha value is -0.340. The summed E-state index contributed by atoms with van der Waals surface area (Å²) < 4.78 is 20.6. The molecule has 0 saturated heterocycles. The van der Waals surface area contributed by atoms with Gasteiger partial charge in [0.05, 0.1) is 10.0 Å². The van der Waals surface area contributed by atoms with Crippen LogP contribution in [0.1, 0.15) is 35.2 Å². The van der Waals surface area contributed by atoms with Gasteiger partial charge in [0, 0.05) is 22.3 Å². The third-order valence-electron chi connectivity index (χ3n) is 3.31. The van der Waals surface area contributed by atoms with E-state index < -0.39 is 0 Å². The number of hydrogen-bond acceptors (Lipinski definition) is 3. The number of rotatable bonds is 5. The van der Waals surface area contributed by atoms with Crippen molar-refractivity contribution in [2.45, 2.75) is 35.7 Å². The summed E-state index contributed by atoms with van der Waals surface area (Å²) in [5.74, 6) is 5.57. The Labute approximate surface area is 140 Å². The van der Waals surface area contributed by atoms with Crippen LogP contribution in [0.15, 0.2) is 28.9 Å². The Bertz CT molecular complexity index is 492. The molecule has 110 valence electrons. The third kappa shape index (κ3) is 4.08. The first-order chi connectivity index (χ1) is 9.61. The Morgan fingerprint density at radius 3 is 2.80 bits per heavy atom. The lowest BCUT2D eigenvalue weighted by Crippen LogP contribution is -2.14. The third-order valence-corrected chi connectivity index (χ3v) is 6.20. The number of hydrazine groups is 1. The van der Waals surface area contributed by atoms with E-state index in [1.165, 1.54) is 18.9 Å². The van der Waals surface area contributed by atoms with Crippen LogP contribution < -0.4 is 16.0 Å². The fourth-order valence-electron chi connectivity index (χ4n) is 2.29. The minimum atomic E-state index is -0.262. The molecule has 0 aromatic heterocycles. The highest BCUT2D eigenvalue weighted by Crippen LogP contribution is 2.37. The molecule has 3 N–H and O–H groups in total. The molecule has 1 unspecified atom stereocenters. The standard InChI is InChI=1S/C14H17BrFIN2O/c15-12(8-19-18)14(17)11-6-5-10(7-13(11)16)20-9-3-1-2-4-9/h5-9,14,19H,1-4,18H2/b12-8+. The van der Waals surface area contributed by atoms with Crippen LogP contribution in [-0.4, -0.2) is 6.10 Å². The van der Waals surface area contributed by atoms with Gasteiger partial charge in [-0.1, -0.05) is 44.6 Å². The lowest BCUT2D eigenvalue weighted by atomic mass is 10.1. The van der Waals surface area contributed by atoms with E-state index in [1.807, 2.05) is 6.07 Å². The maximum atomic E-state index is 14.2. The van der Waals surface area contributed by atoms with E-state index in [2.05, 4.69) is 43.9 Å². The number of allylic oxidation sites excluding steroid dienone is 1. The van der Waals surface area contributed by atoms with Gasteiger partial charge in [-0.3, -0.25) is 5.84 Å². The number of halogens is 3. The second-order valence-electron chi connectivity index (χ2n) is 4.77. The first kappa shape index (κ1) is 16.0. The SMILES string of the molecule is NN/C=C(/Br)C(I)c1ccc(OC2CCCC2)cc1F. The van der Waals surface area contributed by atoms with Gasteiger partial charge in [-0.15, -0.1) is 0 Å². The fraction of sp³-hybridized carbons (Fsp3) is 0.429. The Morgan fingerprint density at radius 2 is 2.20 bits per heavy atom. The highest BCUT2D eigenvalue weighted by Gasteiger charge is 2.19. The zero-order valence-electron chi connectivity index (χ0n) is 10.9. The monoisotopic (exact) mass is 454 g/mol. The van der Waals surface area contributed by atoms with E-state index >= 15 is 0 Å². The van der Waals surface area contributed by atoms with Crippen LogP contribution in [0.25, 0.3) is 0 Å². The van der Waals surface area contributed by atoms with Crippen molar-refractivity contribution in [3.63, 3.8) is 0 Å². The highest BCUT2D eigenvalue weighted by atomic mass is 127. The largest absolute Gasteiger partial charge is 0.490 e. The molecular formula is C14H17BrFIN2O. The van der Waals surface area contributed by atoms with E-state index in [4.69, 9.17) is 10.6 Å². The lowest BCUT2D eigenvalue weighted by Gasteiger charge is -2.15. The Morgan fingerprint density at radius 1 is 1.50 bits per heavy atom. The van der Waals surface area contributed by atoms with Gasteiger partial charge in [0.1, 0.15) is 11.6 Å². The van der Waals surface area contributed by atoms with E-state index in [1.54, 1.807) is 12.3 Å². The van der Waals surface area contributed by atoms with Crippen molar-refractivity contribution in [1.29, 1.82) is 0 Å². The number of hydrogen-bond donors (Lipinski definition) is 2. The van der Waals surface area contributed by atoms with Gasteiger partial charge in [-0.25, -0.2) is 4.39 Å². The van der Waals surface area contributed by atoms with Gasteiger partial charge in [0.15, 0.2) is 0 Å². The van der Waals surface area contributed by atoms with Crippen molar-refractivity contribution in [2.24, 2.45) is 5.84 Å². The van der Waals surface area contributed by atoms with Crippen LogP contribution in [0.2, 0.25) is 0 Å². The van der Waals surface area contributed by atoms with Crippen molar-refractivity contribution in [3.05, 3.63) is 40.3 Å². The highest BCUT2D eigenvalue weighted by molar-refractivity contribution is 14.1. The number of ether oxygens (including phenoxy) is 1. The van der Waals surface area contributed by atoms with Crippen molar-refractivity contribution in [3.8, 4) is 5.75 Å². The average Bonchev–Trinajstić information content (AvgIpc) is 2.91. The first-order valence-corrected chi connectivity index (χ1v) is 8.57. The van der Waals surface area contributed by atoms with Crippen molar-refractivity contribution in [2.75, 3.05) is 0 Å². The Kier molecular flexibility index (Phi) is 6.10. The molecule has 6 heteroatoms. The van der Waals surface area contributed by atoms with Crippen molar-refractivity contribution < 1.29 is 9.13 Å². The van der Waals surface area contributed by atoms with Crippen molar-refractivity contribution in [1.82, 2.24) is 5.43 Å². The Balaban J connectivity index is 2.10. The maximum Gasteiger partial charge on any atom is 0.131 e. The van der Waals surface area contributed by atoms with Gasteiger partial charge in [-0.2, -0.15) is 0 Å². The molecule has 0 aliphatic heterocycles. The molecular weight excluding hydrogens is 438 g/mol. The minimum absolute atomic E-state index is 0.135. The summed E-state index contributed by atoms with van der Waals surface area (Å²) in [6, 6.07) is 5.07. The van der Waals surface area contributed by atoms with Gasteiger partial charge in [0.2, 0.25) is 0 Å². The number of nitrogens with two attached hydrogens (primary N) is 1. The molecule has 1 fully saturated rings. The zero-order valence-corrected chi connectivity index (χ0v) is 14.7. The smallest absolute Gasteiger partial charge is 0.131 e. The summed E-state index contributed by atoms with van der Waals surface area (Å²) in [6.07, 6.45) is 6.36. The van der Waals surface area contributed by atoms with Gasteiger partial charge < -0.3 is 10.2 Å². The van der Waals surface area contributed by atoms with Crippen LogP contribution >= 0.6 is 38.5 Å². The first-order valence-electron chi connectivity index (χ1n) is 6.53. The molecule has 1 aromatic rings. The van der Waals surface area contributed by atoms with Gasteiger partial charge >= 0.3 is 0 Å². The molecule has 1 saturated carbocycles. The molecule has 1 aliphatic carbocycles. The summed E-state index contributed by atoms with van der Waals surface area (Å²) in [4.78, 5) is 0. The second-order valence-corrected chi connectivity index (χ2v) is 6.93. The van der Waals surface area contributed by atoms with Crippen LogP contribution in [0, 0.1) is 5.82 Å². The summed E-state index contributed by atoms with van der Waals surface area (Å²) >= 11 is 5.53. The lowest BCUT2D eigenvalue weighted by molar-refractivity contribution is 0.209. The molecule has 1 aliphatic rings. The summed E-state index contributed by atoms with van der Waals surface area (Å²) in [5.41, 5.74) is 3.04. The number of nitrogens with one attached hydrogen (secondary N) is 1. The normalized spacial score (nSPS) is 18.1. The van der Waals surface area contributed by atoms with Crippen LogP contribution in [0.3, 0.4) is 0 Å². The van der Waals surface area contributed by atoms with Crippen LogP contribution in [0.4, 0.5) is 4.39 Å². The molecule has 0 amide bonds. The molecule has 2 rings (SSSR count). The fourth-order valence-corrected chi connectivity index (χ4v) is 3.35. The van der Waals surface area contributed by atoms with E-state index in [0.717, 1.165) is 17.3 Å². The molecule has 0 bridgehead atoms. The molecule has 20 heavy (non-hydrogen) atoms. The number of benzene rings is 1. The molecule has 0 heterocycles. The van der Waals surface area contributed by atoms with E-state index in [0.29, 0.717) is 11.3 Å². The molecule has 1 aromatic carbocycles. The summed E-state index contributed by atoms with van der Waals surface area (Å²) in [5, 5.41) is 0. The maximum absolute atomic E-state index is 14.2. The van der Waals surface area contributed by atoms with Gasteiger partial charge in [-0.05, 0) is 31.7 Å². The minimum Gasteiger partial charge on any atom is -0.490 e. The van der Waals surface area contributed by atoms with Crippen LogP contribution in [0.5, 0.6) is 5.75 Å². The zero-order chi connectivity index (χ0) is 14.5. The quantitative estimate of drug-likeness (QED) is 0.301. The molecule has 0 spiro atoms. The van der Waals surface area contributed by atoms with Crippen molar-refractivity contribution >= 4 is 38.5 Å². The van der Waals surface area contributed by atoms with Gasteiger partial charge in [0.25, 0.3) is 0 Å². The van der Waals surface area contributed by atoms with E-state index in [-0.39, 0.29) is 15.8 Å². The summed E-state index contributed by atoms with van der Waals surface area (Å²) in [6.45, 7) is 0. The molecule has 1 atom stereocenters. The average molecular weight is 455 g/mol. The molecule has 0 radical (unpaired) electrons. The van der Waals surface area contributed by atoms with Crippen LogP contribution in [-0.2, 0) is 0 Å². The topological polar surface area (TPSA) is 47.3 Å². The number of alkyl halides is 1. The predicted octanol–water partition coefficient (Wildman–Crippen LogP) is 4.32. The molecule has 3 nitrogen and oxygen atoms in total. The van der Waals surface area contributed by atoms with E-state index in [9.17, 15) is 4.39 Å². The predicted molar refractivity (Wildman–Crippen MR) is 90.4 cm³/mol. The second kappa shape index (κ2) is 7.61. The summed E-state index contributed by atoms with van der Waals surface area (Å²) in [7, 11) is 0.